The molecule has 0 amide bonds. The number of ether oxygens (including phenoxy) is 2. The fourth-order valence-corrected chi connectivity index (χ4v) is 5.32. The third kappa shape index (κ3) is 5.47. The lowest BCUT2D eigenvalue weighted by molar-refractivity contribution is -0.143. The summed E-state index contributed by atoms with van der Waals surface area (Å²) in [6, 6.07) is 14.1. The molecule has 0 fully saturated rings. The highest BCUT2D eigenvalue weighted by atomic mass is 35.5. The van der Waals surface area contributed by atoms with Gasteiger partial charge in [0.25, 0.3) is 5.56 Å². The van der Waals surface area contributed by atoms with Crippen LogP contribution < -0.4 is 19.6 Å². The van der Waals surface area contributed by atoms with E-state index in [9.17, 15) is 9.59 Å². The van der Waals surface area contributed by atoms with Gasteiger partial charge in [0.1, 0.15) is 11.8 Å². The Hall–Kier alpha value is -3.16. The Kier molecular flexibility index (Phi) is 8.11. The summed E-state index contributed by atoms with van der Waals surface area (Å²) in [5, 5.41) is 0.457. The monoisotopic (exact) mass is 524 g/mol. The number of rotatable bonds is 8. The predicted molar refractivity (Wildman–Crippen MR) is 143 cm³/mol. The second-order valence-corrected chi connectivity index (χ2v) is 10.2. The highest BCUT2D eigenvalue weighted by Gasteiger charge is 2.34. The Bertz CT molecular complexity index is 1490. The number of thiazole rings is 1. The molecule has 0 bridgehead atoms. The molecule has 0 aliphatic carbocycles. The summed E-state index contributed by atoms with van der Waals surface area (Å²) in [4.78, 5) is 32.0. The number of allylic oxidation sites excluding steroid dienone is 1. The first-order valence-corrected chi connectivity index (χ1v) is 13.2. The van der Waals surface area contributed by atoms with Gasteiger partial charge >= 0.3 is 5.97 Å². The SMILES string of the molecule is CCCCOc1cccc(C=c2sc3n(c2=O)C(c2ccccc2Cl)C(C(=O)OC(C)C)=C(C)N=3)c1. The largest absolute Gasteiger partial charge is 0.494 e. The molecule has 8 heteroatoms. The Morgan fingerprint density at radius 2 is 2.00 bits per heavy atom. The molecular weight excluding hydrogens is 496 g/mol. The number of aromatic nitrogens is 1. The van der Waals surface area contributed by atoms with Crippen LogP contribution in [-0.2, 0) is 9.53 Å². The molecule has 1 unspecified atom stereocenters. The van der Waals surface area contributed by atoms with Crippen molar-refractivity contribution in [1.29, 1.82) is 0 Å². The van der Waals surface area contributed by atoms with Crippen molar-refractivity contribution in [2.24, 2.45) is 4.99 Å². The Labute approximate surface area is 219 Å². The second-order valence-electron chi connectivity index (χ2n) is 8.83. The smallest absolute Gasteiger partial charge is 0.338 e. The van der Waals surface area contributed by atoms with Crippen molar-refractivity contribution in [3.8, 4) is 5.75 Å². The van der Waals surface area contributed by atoms with Gasteiger partial charge in [0.15, 0.2) is 4.80 Å². The Morgan fingerprint density at radius 3 is 2.72 bits per heavy atom. The number of carbonyl (C=O) groups excluding carboxylic acids is 1. The molecule has 0 radical (unpaired) electrons. The van der Waals surface area contributed by atoms with Gasteiger partial charge in [-0.3, -0.25) is 9.36 Å². The summed E-state index contributed by atoms with van der Waals surface area (Å²) in [5.74, 6) is 0.246. The maximum atomic E-state index is 13.7. The molecule has 1 aliphatic rings. The molecule has 1 aromatic heterocycles. The van der Waals surface area contributed by atoms with E-state index in [1.807, 2.05) is 48.5 Å². The number of esters is 1. The minimum atomic E-state index is -0.743. The molecular formula is C28H29ClN2O4S. The number of unbranched alkanes of at least 4 members (excludes halogenated alkanes) is 1. The van der Waals surface area contributed by atoms with Crippen LogP contribution in [0.15, 0.2) is 69.6 Å². The average Bonchev–Trinajstić information content (AvgIpc) is 3.13. The number of fused-ring (bicyclic) bond motifs is 1. The normalized spacial score (nSPS) is 15.6. The van der Waals surface area contributed by atoms with Crippen molar-refractivity contribution in [3.05, 3.63) is 95.6 Å². The molecule has 2 heterocycles. The van der Waals surface area contributed by atoms with Gasteiger partial charge < -0.3 is 9.47 Å². The number of halogens is 1. The maximum absolute atomic E-state index is 13.7. The standard InChI is InChI=1S/C28H29ClN2O4S/c1-5-6-14-34-20-11-9-10-19(15-20)16-23-26(32)31-25(21-12-7-8-13-22(21)29)24(27(33)35-17(2)3)18(4)30-28(31)36-23/h7-13,15-17,25H,5-6,14H2,1-4H3. The summed E-state index contributed by atoms with van der Waals surface area (Å²) in [6.45, 7) is 8.09. The molecule has 0 N–H and O–H groups in total. The van der Waals surface area contributed by atoms with E-state index in [1.54, 1.807) is 31.4 Å². The summed E-state index contributed by atoms with van der Waals surface area (Å²) >= 11 is 7.84. The highest BCUT2D eigenvalue weighted by molar-refractivity contribution is 7.07. The van der Waals surface area contributed by atoms with Gasteiger partial charge in [-0.1, -0.05) is 66.6 Å². The lowest BCUT2D eigenvalue weighted by Gasteiger charge is -2.26. The molecule has 1 atom stereocenters. The third-order valence-electron chi connectivity index (χ3n) is 5.71. The van der Waals surface area contributed by atoms with E-state index in [0.717, 1.165) is 24.2 Å². The van der Waals surface area contributed by atoms with Crippen molar-refractivity contribution in [3.63, 3.8) is 0 Å². The molecule has 36 heavy (non-hydrogen) atoms. The van der Waals surface area contributed by atoms with Crippen LogP contribution in [-0.4, -0.2) is 23.2 Å². The number of benzene rings is 2. The first kappa shape index (κ1) is 25.9. The number of hydrogen-bond donors (Lipinski definition) is 0. The molecule has 1 aliphatic heterocycles. The third-order valence-corrected chi connectivity index (χ3v) is 7.03. The van der Waals surface area contributed by atoms with Crippen molar-refractivity contribution >= 4 is 35.0 Å². The van der Waals surface area contributed by atoms with E-state index in [2.05, 4.69) is 11.9 Å². The van der Waals surface area contributed by atoms with E-state index in [1.165, 1.54) is 11.3 Å². The molecule has 6 nitrogen and oxygen atoms in total. The minimum absolute atomic E-state index is 0.247. The zero-order valence-corrected chi connectivity index (χ0v) is 22.4. The van der Waals surface area contributed by atoms with Gasteiger partial charge in [-0.25, -0.2) is 9.79 Å². The second kappa shape index (κ2) is 11.3. The maximum Gasteiger partial charge on any atom is 0.338 e. The predicted octanol–water partition coefficient (Wildman–Crippen LogP) is 5.02. The van der Waals surface area contributed by atoms with Crippen LogP contribution in [0.2, 0.25) is 5.02 Å². The van der Waals surface area contributed by atoms with E-state index in [4.69, 9.17) is 21.1 Å². The van der Waals surface area contributed by atoms with Crippen molar-refractivity contribution in [2.75, 3.05) is 6.61 Å². The van der Waals surface area contributed by atoms with Crippen LogP contribution in [0.5, 0.6) is 5.75 Å². The van der Waals surface area contributed by atoms with Gasteiger partial charge in [0.2, 0.25) is 0 Å². The molecule has 4 rings (SSSR count). The lowest BCUT2D eigenvalue weighted by atomic mass is 9.96. The van der Waals surface area contributed by atoms with Gasteiger partial charge in [0.05, 0.1) is 28.5 Å². The molecule has 0 spiro atoms. The van der Waals surface area contributed by atoms with E-state index < -0.39 is 12.0 Å². The van der Waals surface area contributed by atoms with Crippen molar-refractivity contribution in [1.82, 2.24) is 4.57 Å². The first-order valence-electron chi connectivity index (χ1n) is 12.0. The molecule has 188 valence electrons. The lowest BCUT2D eigenvalue weighted by Crippen LogP contribution is -2.40. The van der Waals surface area contributed by atoms with Crippen LogP contribution in [0, 0.1) is 0 Å². The van der Waals surface area contributed by atoms with Crippen LogP contribution >= 0.6 is 22.9 Å². The van der Waals surface area contributed by atoms with E-state index >= 15 is 0 Å². The quantitative estimate of drug-likeness (QED) is 0.306. The summed E-state index contributed by atoms with van der Waals surface area (Å²) < 4.78 is 13.4. The summed E-state index contributed by atoms with van der Waals surface area (Å²) in [5.41, 5.74) is 2.05. The number of nitrogens with zero attached hydrogens (tertiary/aromatic N) is 2. The highest BCUT2D eigenvalue weighted by Crippen LogP contribution is 2.34. The number of hydrogen-bond acceptors (Lipinski definition) is 6. The van der Waals surface area contributed by atoms with Crippen molar-refractivity contribution < 1.29 is 14.3 Å². The minimum Gasteiger partial charge on any atom is -0.494 e. The van der Waals surface area contributed by atoms with Crippen LogP contribution in [0.3, 0.4) is 0 Å². The van der Waals surface area contributed by atoms with E-state index in [0.29, 0.717) is 37.8 Å². The molecule has 2 aromatic carbocycles. The zero-order valence-electron chi connectivity index (χ0n) is 20.8. The average molecular weight is 525 g/mol. The summed E-state index contributed by atoms with van der Waals surface area (Å²) in [6.07, 6.45) is 3.54. The Morgan fingerprint density at radius 1 is 1.22 bits per heavy atom. The van der Waals surface area contributed by atoms with Crippen LogP contribution in [0.1, 0.15) is 57.7 Å². The molecule has 0 saturated carbocycles. The topological polar surface area (TPSA) is 69.9 Å². The van der Waals surface area contributed by atoms with Gasteiger partial charge in [-0.15, -0.1) is 0 Å². The van der Waals surface area contributed by atoms with Gasteiger partial charge in [-0.05, 0) is 62.6 Å². The van der Waals surface area contributed by atoms with Crippen LogP contribution in [0.25, 0.3) is 6.08 Å². The van der Waals surface area contributed by atoms with E-state index in [-0.39, 0.29) is 11.7 Å². The summed E-state index contributed by atoms with van der Waals surface area (Å²) in [7, 11) is 0. The fourth-order valence-electron chi connectivity index (χ4n) is 4.03. The van der Waals surface area contributed by atoms with Crippen molar-refractivity contribution in [2.45, 2.75) is 52.7 Å². The number of carbonyl (C=O) groups is 1. The molecule has 3 aromatic rings. The zero-order chi connectivity index (χ0) is 25.8. The van der Waals surface area contributed by atoms with Gasteiger partial charge in [-0.2, -0.15) is 0 Å². The fraction of sp³-hybridized carbons (Fsp3) is 0.321. The first-order chi connectivity index (χ1) is 17.3. The van der Waals surface area contributed by atoms with Crippen LogP contribution in [0.4, 0.5) is 0 Å². The van der Waals surface area contributed by atoms with Gasteiger partial charge in [0, 0.05) is 5.02 Å². The molecule has 0 saturated heterocycles. The Balaban J connectivity index is 1.85.